The van der Waals surface area contributed by atoms with E-state index >= 15 is 0 Å². The van der Waals surface area contributed by atoms with Gasteiger partial charge in [0.15, 0.2) is 21.7 Å². The van der Waals surface area contributed by atoms with Crippen LogP contribution in [0.2, 0.25) is 0 Å². The molecule has 1 aromatic heterocycles. The number of thiazole rings is 1. The summed E-state index contributed by atoms with van der Waals surface area (Å²) in [4.78, 5) is 1.30. The molecule has 1 aliphatic rings. The van der Waals surface area contributed by atoms with Crippen LogP contribution >= 0.6 is 11.3 Å². The third kappa shape index (κ3) is 5.12. The fourth-order valence-electron chi connectivity index (χ4n) is 4.69. The highest BCUT2D eigenvalue weighted by Gasteiger charge is 2.33. The fraction of sp³-hybridized carbons (Fsp3) is 0.0741. The second-order valence-corrected chi connectivity index (χ2v) is 12.8. The van der Waals surface area contributed by atoms with Crippen LogP contribution in [-0.4, -0.2) is 31.8 Å². The summed E-state index contributed by atoms with van der Waals surface area (Å²) in [6.45, 7) is 0. The molecule has 0 bridgehead atoms. The van der Waals surface area contributed by atoms with Crippen LogP contribution in [0.5, 0.6) is 5.75 Å². The number of benzene rings is 4. The third-order valence-electron chi connectivity index (χ3n) is 6.28. The molecule has 1 N–H and O–H groups in total. The van der Waals surface area contributed by atoms with Crippen molar-refractivity contribution in [1.82, 2.24) is 0 Å². The lowest BCUT2D eigenvalue weighted by atomic mass is 10.0. The molecular weight excluding hydrogens is 561 g/mol. The summed E-state index contributed by atoms with van der Waals surface area (Å²) in [7, 11) is -9.18. The predicted octanol–water partition coefficient (Wildman–Crippen LogP) is 4.55. The zero-order valence-corrected chi connectivity index (χ0v) is 22.5. The fourth-order valence-corrected chi connectivity index (χ4v) is 7.05. The topological polar surface area (TPSA) is 128 Å². The Labute approximate surface area is 228 Å². The zero-order chi connectivity index (χ0) is 27.4. The number of hydrogen-bond acceptors (Lipinski definition) is 8. The van der Waals surface area contributed by atoms with Crippen LogP contribution in [0, 0.1) is 0 Å². The average Bonchev–Trinajstić information content (AvgIpc) is 3.40. The molecule has 2 heterocycles. The maximum Gasteiger partial charge on any atom is 0.283 e. The van der Waals surface area contributed by atoms with Crippen LogP contribution in [0.4, 0.5) is 5.69 Å². The second-order valence-electron chi connectivity index (χ2n) is 8.96. The van der Waals surface area contributed by atoms with E-state index in [0.717, 1.165) is 26.6 Å². The van der Waals surface area contributed by atoms with Gasteiger partial charge in [-0.05, 0) is 40.8 Å². The summed E-state index contributed by atoms with van der Waals surface area (Å²) < 4.78 is 77.6. The van der Waals surface area contributed by atoms with E-state index in [1.807, 2.05) is 72.8 Å². The molecule has 12 heteroatoms. The molecule has 4 aromatic carbocycles. The van der Waals surface area contributed by atoms with Crippen molar-refractivity contribution < 1.29 is 35.2 Å². The first-order chi connectivity index (χ1) is 18.6. The minimum absolute atomic E-state index is 0.0562. The molecule has 0 saturated carbocycles. The molecular formula is C27H20N2O7S3. The van der Waals surface area contributed by atoms with Crippen LogP contribution in [-0.2, 0) is 26.1 Å². The van der Waals surface area contributed by atoms with Crippen molar-refractivity contribution in [2.45, 2.75) is 5.88 Å². The molecule has 0 radical (unpaired) electrons. The van der Waals surface area contributed by atoms with Crippen LogP contribution < -0.4 is 14.2 Å². The highest BCUT2D eigenvalue weighted by Crippen LogP contribution is 2.42. The summed E-state index contributed by atoms with van der Waals surface area (Å²) in [5.41, 5.74) is 2.68. The lowest BCUT2D eigenvalue weighted by molar-refractivity contribution is -0.648. The maximum absolute atomic E-state index is 12.0. The SMILES string of the molecule is O=S(=O)([O-])C[n+]1c(C=C2Oc3ccc(-c4ccccc4)cc3N2CS(=O)(=O)O)sc2ccc3ccccc3c21. The Balaban J connectivity index is 1.54. The van der Waals surface area contributed by atoms with Gasteiger partial charge in [-0.3, -0.25) is 9.45 Å². The monoisotopic (exact) mass is 580 g/mol. The Morgan fingerprint density at radius 3 is 2.41 bits per heavy atom. The third-order valence-corrected chi connectivity index (χ3v) is 8.53. The Hall–Kier alpha value is -3.81. The number of anilines is 1. The smallest absolute Gasteiger partial charge is 0.283 e. The van der Waals surface area contributed by atoms with Crippen LogP contribution in [0.3, 0.4) is 0 Å². The molecule has 0 unspecified atom stereocenters. The molecule has 9 nitrogen and oxygen atoms in total. The summed E-state index contributed by atoms with van der Waals surface area (Å²) in [6, 6.07) is 25.9. The molecule has 39 heavy (non-hydrogen) atoms. The zero-order valence-electron chi connectivity index (χ0n) is 20.1. The van der Waals surface area contributed by atoms with Crippen molar-refractivity contribution in [1.29, 1.82) is 0 Å². The van der Waals surface area contributed by atoms with Gasteiger partial charge in [-0.15, -0.1) is 0 Å². The van der Waals surface area contributed by atoms with Gasteiger partial charge in [0.2, 0.25) is 17.3 Å². The molecule has 0 fully saturated rings. The van der Waals surface area contributed by atoms with Gasteiger partial charge >= 0.3 is 0 Å². The quantitative estimate of drug-likeness (QED) is 0.229. The van der Waals surface area contributed by atoms with Crippen molar-refractivity contribution in [2.24, 2.45) is 0 Å². The van der Waals surface area contributed by atoms with Gasteiger partial charge in [-0.1, -0.05) is 72.0 Å². The van der Waals surface area contributed by atoms with Crippen LogP contribution in [0.25, 0.3) is 38.2 Å². The van der Waals surface area contributed by atoms with E-state index < -0.39 is 32.0 Å². The van der Waals surface area contributed by atoms with Crippen LogP contribution in [0.15, 0.2) is 90.8 Å². The molecule has 0 amide bonds. The van der Waals surface area contributed by atoms with E-state index in [0.29, 0.717) is 22.0 Å². The number of hydrogen-bond donors (Lipinski definition) is 1. The Morgan fingerprint density at radius 2 is 1.67 bits per heavy atom. The summed E-state index contributed by atoms with van der Waals surface area (Å²) in [6.07, 6.45) is 1.48. The summed E-state index contributed by atoms with van der Waals surface area (Å²) >= 11 is 1.23. The molecule has 1 aliphatic heterocycles. The lowest BCUT2D eigenvalue weighted by Crippen LogP contribution is -2.39. The number of aromatic nitrogens is 1. The van der Waals surface area contributed by atoms with Crippen molar-refractivity contribution >= 4 is 64.3 Å². The average molecular weight is 581 g/mol. The second kappa shape index (κ2) is 9.43. The Bertz CT molecular complexity index is 2000. The first-order valence-electron chi connectivity index (χ1n) is 11.7. The van der Waals surface area contributed by atoms with Gasteiger partial charge in [0.1, 0.15) is 4.70 Å². The molecule has 5 aromatic rings. The van der Waals surface area contributed by atoms with E-state index in [1.165, 1.54) is 26.9 Å². The maximum atomic E-state index is 12.0. The highest BCUT2D eigenvalue weighted by atomic mass is 32.2. The van der Waals surface area contributed by atoms with E-state index in [1.54, 1.807) is 12.1 Å². The van der Waals surface area contributed by atoms with Crippen LogP contribution in [0.1, 0.15) is 5.01 Å². The van der Waals surface area contributed by atoms with Gasteiger partial charge < -0.3 is 9.29 Å². The van der Waals surface area contributed by atoms with Gasteiger partial charge in [0, 0.05) is 0 Å². The largest absolute Gasteiger partial charge is 0.743 e. The van der Waals surface area contributed by atoms with Crippen molar-refractivity contribution in [3.63, 3.8) is 0 Å². The normalized spacial score (nSPS) is 14.7. The molecule has 0 aliphatic carbocycles. The summed E-state index contributed by atoms with van der Waals surface area (Å²) in [5.74, 6) is -1.21. The minimum atomic E-state index is -4.70. The predicted molar refractivity (Wildman–Crippen MR) is 149 cm³/mol. The number of rotatable bonds is 6. The van der Waals surface area contributed by atoms with E-state index in [-0.39, 0.29) is 5.88 Å². The van der Waals surface area contributed by atoms with Gasteiger partial charge in [-0.25, -0.2) is 8.42 Å². The van der Waals surface area contributed by atoms with E-state index in [4.69, 9.17) is 4.74 Å². The molecule has 0 spiro atoms. The van der Waals surface area contributed by atoms with Crippen molar-refractivity contribution in [3.8, 4) is 16.9 Å². The van der Waals surface area contributed by atoms with E-state index in [9.17, 15) is 25.9 Å². The number of nitrogens with zero attached hydrogens (tertiary/aromatic N) is 2. The lowest BCUT2D eigenvalue weighted by Gasteiger charge is -2.16. The van der Waals surface area contributed by atoms with Gasteiger partial charge in [0.05, 0.1) is 17.1 Å². The standard InChI is InChI=1S/C27H20N2O7S3/c30-38(31,32)16-28-22-14-20(18-6-2-1-3-7-18)10-12-23(22)36-25(28)15-26-29(17-39(33,34)35)27-21-9-5-4-8-19(21)11-13-24(27)37-26/h1-15H,16-17H2,(H-,30,31,32,33,34,35). The Kier molecular flexibility index (Phi) is 6.16. The molecule has 6 rings (SSSR count). The first-order valence-corrected chi connectivity index (χ1v) is 15.7. The van der Waals surface area contributed by atoms with Crippen molar-refractivity contribution in [3.05, 3.63) is 95.8 Å². The minimum Gasteiger partial charge on any atom is -0.743 e. The van der Waals surface area contributed by atoms with Gasteiger partial charge in [0.25, 0.3) is 15.1 Å². The number of fused-ring (bicyclic) bond motifs is 4. The first kappa shape index (κ1) is 25.5. The number of ether oxygens (including phenoxy) is 1. The molecule has 198 valence electrons. The Morgan fingerprint density at radius 1 is 0.923 bits per heavy atom. The van der Waals surface area contributed by atoms with Gasteiger partial charge in [-0.2, -0.15) is 13.0 Å². The van der Waals surface area contributed by atoms with Crippen molar-refractivity contribution in [2.75, 3.05) is 10.8 Å². The van der Waals surface area contributed by atoms with E-state index in [2.05, 4.69) is 0 Å². The molecule has 0 saturated heterocycles. The molecule has 0 atom stereocenters. The highest BCUT2D eigenvalue weighted by molar-refractivity contribution is 7.85. The summed E-state index contributed by atoms with van der Waals surface area (Å²) in [5, 5.41) is 1.98.